The molecule has 0 unspecified atom stereocenters. The predicted molar refractivity (Wildman–Crippen MR) is 191 cm³/mol. The molecule has 0 heterocycles. The van der Waals surface area contributed by atoms with E-state index in [9.17, 15) is 20.4 Å². The van der Waals surface area contributed by atoms with Gasteiger partial charge in [0.05, 0.1) is 0 Å². The Hall–Kier alpha value is -3.92. The van der Waals surface area contributed by atoms with Gasteiger partial charge in [-0.15, -0.1) is 0 Å². The molecule has 0 saturated heterocycles. The average molecular weight is 613 g/mol. The number of aromatic hydroxyl groups is 4. The van der Waals surface area contributed by atoms with Crippen LogP contribution >= 0.6 is 0 Å². The molecule has 45 heavy (non-hydrogen) atoms. The Kier molecular flexibility index (Phi) is 15.6. The fourth-order valence-electron chi connectivity index (χ4n) is 5.85. The summed E-state index contributed by atoms with van der Waals surface area (Å²) in [7, 11) is 0. The number of benzene rings is 4. The third-order valence-corrected chi connectivity index (χ3v) is 7.92. The molecule has 0 amide bonds. The normalized spacial score (nSPS) is 12.6. The number of phenols is 4. The second kappa shape index (κ2) is 18.8. The summed E-state index contributed by atoms with van der Waals surface area (Å²) in [6.07, 6.45) is 10.7. The molecule has 0 fully saturated rings. The monoisotopic (exact) mass is 612 g/mol. The zero-order chi connectivity index (χ0) is 33.5. The van der Waals surface area contributed by atoms with Crippen molar-refractivity contribution >= 4 is 0 Å². The molecule has 4 aromatic carbocycles. The molecule has 0 bridgehead atoms. The van der Waals surface area contributed by atoms with Gasteiger partial charge < -0.3 is 20.4 Å². The van der Waals surface area contributed by atoms with E-state index in [1.807, 2.05) is 77.9 Å². The van der Waals surface area contributed by atoms with Gasteiger partial charge in [0, 0.05) is 11.1 Å². The zero-order valence-corrected chi connectivity index (χ0v) is 28.9. The lowest BCUT2D eigenvalue weighted by Crippen LogP contribution is -2.01. The minimum atomic E-state index is 0.237. The van der Waals surface area contributed by atoms with Crippen LogP contribution in [0.25, 0.3) is 11.1 Å². The molecule has 4 nitrogen and oxygen atoms in total. The summed E-state index contributed by atoms with van der Waals surface area (Å²) in [6.45, 7) is 15.9. The van der Waals surface area contributed by atoms with E-state index in [2.05, 4.69) is 26.0 Å². The number of aryl methyl sites for hydroxylation is 6. The fourth-order valence-corrected chi connectivity index (χ4v) is 5.85. The Bertz CT molecular complexity index is 1390. The van der Waals surface area contributed by atoms with Gasteiger partial charge in [0.15, 0.2) is 0 Å². The zero-order valence-electron chi connectivity index (χ0n) is 28.9. The van der Waals surface area contributed by atoms with Gasteiger partial charge in [0.1, 0.15) is 23.0 Å². The SMILES string of the molecule is CC.CCC.Cc1cc(C)c(O)c(-c2cc(C)cc(C)c2O)c1.Oc1cccc2c1CCCC2.Oc1cccc2c1CCCC2. The molecule has 6 rings (SSSR count). The van der Waals surface area contributed by atoms with E-state index in [4.69, 9.17) is 0 Å². The summed E-state index contributed by atoms with van der Waals surface area (Å²) in [5, 5.41) is 39.3. The molecular weight excluding hydrogens is 556 g/mol. The van der Waals surface area contributed by atoms with Crippen molar-refractivity contribution in [1.29, 1.82) is 0 Å². The fraction of sp³-hybridized carbons (Fsp3) is 0.415. The highest BCUT2D eigenvalue weighted by Gasteiger charge is 2.14. The topological polar surface area (TPSA) is 80.9 Å². The van der Waals surface area contributed by atoms with Crippen LogP contribution in [0.3, 0.4) is 0 Å². The lowest BCUT2D eigenvalue weighted by atomic mass is 9.91. The van der Waals surface area contributed by atoms with Crippen molar-refractivity contribution in [2.75, 3.05) is 0 Å². The minimum Gasteiger partial charge on any atom is -0.508 e. The Morgan fingerprint density at radius 3 is 1.18 bits per heavy atom. The van der Waals surface area contributed by atoms with Gasteiger partial charge in [-0.1, -0.05) is 70.5 Å². The second-order valence-electron chi connectivity index (χ2n) is 11.9. The van der Waals surface area contributed by atoms with Gasteiger partial charge in [-0.25, -0.2) is 0 Å². The smallest absolute Gasteiger partial charge is 0.126 e. The Morgan fingerprint density at radius 1 is 0.511 bits per heavy atom. The molecule has 244 valence electrons. The van der Waals surface area contributed by atoms with Crippen molar-refractivity contribution in [2.24, 2.45) is 0 Å². The molecule has 4 N–H and O–H groups in total. The molecule has 4 heteroatoms. The number of hydrogen-bond donors (Lipinski definition) is 4. The largest absolute Gasteiger partial charge is 0.508 e. The number of rotatable bonds is 1. The molecule has 2 aliphatic rings. The van der Waals surface area contributed by atoms with Crippen LogP contribution in [-0.4, -0.2) is 20.4 Å². The van der Waals surface area contributed by atoms with E-state index in [0.29, 0.717) is 22.6 Å². The second-order valence-corrected chi connectivity index (χ2v) is 11.9. The molecular formula is C41H56O4. The third kappa shape index (κ3) is 10.6. The van der Waals surface area contributed by atoms with Gasteiger partial charge in [-0.3, -0.25) is 0 Å². The lowest BCUT2D eigenvalue weighted by Gasteiger charge is -2.15. The van der Waals surface area contributed by atoms with Crippen LogP contribution in [0.2, 0.25) is 0 Å². The van der Waals surface area contributed by atoms with Crippen molar-refractivity contribution < 1.29 is 20.4 Å². The maximum Gasteiger partial charge on any atom is 0.126 e. The lowest BCUT2D eigenvalue weighted by molar-refractivity contribution is 0.461. The maximum absolute atomic E-state index is 10.2. The summed E-state index contributed by atoms with van der Waals surface area (Å²) in [5.74, 6) is 1.45. The summed E-state index contributed by atoms with van der Waals surface area (Å²) in [5.41, 5.74) is 10.2. The van der Waals surface area contributed by atoms with Crippen LogP contribution in [-0.2, 0) is 25.7 Å². The van der Waals surface area contributed by atoms with Crippen molar-refractivity contribution in [2.45, 2.75) is 113 Å². The van der Waals surface area contributed by atoms with E-state index in [1.54, 1.807) is 12.1 Å². The van der Waals surface area contributed by atoms with Crippen LogP contribution in [0.5, 0.6) is 23.0 Å². The number of fused-ring (bicyclic) bond motifs is 2. The van der Waals surface area contributed by atoms with Gasteiger partial charge >= 0.3 is 0 Å². The minimum absolute atomic E-state index is 0.237. The first-order valence-electron chi connectivity index (χ1n) is 16.8. The predicted octanol–water partition coefficient (Wildman–Crippen LogP) is 11.0. The van der Waals surface area contributed by atoms with Crippen molar-refractivity contribution in [3.05, 3.63) is 105 Å². The van der Waals surface area contributed by atoms with Gasteiger partial charge in [0.25, 0.3) is 0 Å². The maximum atomic E-state index is 10.2. The molecule has 4 aromatic rings. The molecule has 0 atom stereocenters. The highest BCUT2D eigenvalue weighted by Crippen LogP contribution is 2.40. The highest BCUT2D eigenvalue weighted by atomic mass is 16.3. The standard InChI is InChI=1S/C16H18O2.2C10H12O.C3H8.C2H6/c1-9-5-11(3)15(17)13(7-9)14-8-10(2)6-12(4)16(14)18;2*11-10-7-3-5-8-4-1-2-6-9(8)10;1-3-2;1-2/h5-8,17-18H,1-4H3;2*3,5,7,11H,1-2,4,6H2;3H2,1-2H3;1-2H3. The molecule has 0 saturated carbocycles. The van der Waals surface area contributed by atoms with Crippen LogP contribution < -0.4 is 0 Å². The van der Waals surface area contributed by atoms with Crippen molar-refractivity contribution in [3.63, 3.8) is 0 Å². The molecule has 0 aromatic heterocycles. The molecule has 2 aliphatic carbocycles. The Labute approximate surface area is 272 Å². The van der Waals surface area contributed by atoms with Gasteiger partial charge in [-0.2, -0.15) is 0 Å². The first-order chi connectivity index (χ1) is 21.6. The number of phenolic OH excluding ortho intramolecular Hbond substituents is 4. The van der Waals surface area contributed by atoms with Gasteiger partial charge in [0.2, 0.25) is 0 Å². The molecule has 0 radical (unpaired) electrons. The first kappa shape index (κ1) is 37.3. The van der Waals surface area contributed by atoms with Crippen LogP contribution in [0.15, 0.2) is 60.7 Å². The van der Waals surface area contributed by atoms with E-state index >= 15 is 0 Å². The number of hydrogen-bond acceptors (Lipinski definition) is 4. The third-order valence-electron chi connectivity index (χ3n) is 7.92. The van der Waals surface area contributed by atoms with E-state index in [-0.39, 0.29) is 11.5 Å². The first-order valence-corrected chi connectivity index (χ1v) is 16.8. The van der Waals surface area contributed by atoms with E-state index in [0.717, 1.165) is 47.9 Å². The van der Waals surface area contributed by atoms with Crippen LogP contribution in [0.4, 0.5) is 0 Å². The summed E-state index contributed by atoms with van der Waals surface area (Å²) < 4.78 is 0. The summed E-state index contributed by atoms with van der Waals surface area (Å²) >= 11 is 0. The molecule has 0 aliphatic heterocycles. The Morgan fingerprint density at radius 2 is 0.844 bits per heavy atom. The van der Waals surface area contributed by atoms with Crippen molar-refractivity contribution in [3.8, 4) is 34.1 Å². The highest BCUT2D eigenvalue weighted by molar-refractivity contribution is 5.78. The Balaban J connectivity index is 0.000000227. The van der Waals surface area contributed by atoms with E-state index < -0.39 is 0 Å². The van der Waals surface area contributed by atoms with Gasteiger partial charge in [-0.05, 0) is 148 Å². The van der Waals surface area contributed by atoms with Crippen LogP contribution in [0, 0.1) is 27.7 Å². The van der Waals surface area contributed by atoms with E-state index in [1.165, 1.54) is 54.4 Å². The van der Waals surface area contributed by atoms with Crippen molar-refractivity contribution in [1.82, 2.24) is 0 Å². The summed E-state index contributed by atoms with van der Waals surface area (Å²) in [4.78, 5) is 0. The molecule has 0 spiro atoms. The van der Waals surface area contributed by atoms with Crippen LogP contribution in [0.1, 0.15) is 104 Å². The summed E-state index contributed by atoms with van der Waals surface area (Å²) in [6, 6.07) is 19.3. The average Bonchev–Trinajstić information content (AvgIpc) is 3.03. The quantitative estimate of drug-likeness (QED) is 0.172.